The molecule has 3 rings (SSSR count). The van der Waals surface area contributed by atoms with Crippen LogP contribution in [0.1, 0.15) is 18.4 Å². The van der Waals surface area contributed by atoms with Crippen LogP contribution >= 0.6 is 0 Å². The number of aliphatic hydroxyl groups is 2. The number of rotatable bonds is 3. The average molecular weight is 233 g/mol. The first-order chi connectivity index (χ1) is 8.25. The van der Waals surface area contributed by atoms with E-state index in [-0.39, 0.29) is 5.92 Å². The molecule has 0 amide bonds. The van der Waals surface area contributed by atoms with E-state index in [9.17, 15) is 10.2 Å². The lowest BCUT2D eigenvalue weighted by atomic mass is 9.98. The lowest BCUT2D eigenvalue weighted by Gasteiger charge is -2.27. The number of benzene rings is 1. The molecule has 1 aliphatic heterocycles. The van der Waals surface area contributed by atoms with Crippen molar-refractivity contribution in [2.24, 2.45) is 11.8 Å². The number of hydrogen-bond acceptors (Lipinski definition) is 3. The molecule has 0 radical (unpaired) electrons. The van der Waals surface area contributed by atoms with E-state index in [0.717, 1.165) is 25.9 Å². The van der Waals surface area contributed by atoms with Gasteiger partial charge >= 0.3 is 0 Å². The number of fused-ring (bicyclic) bond motifs is 2. The summed E-state index contributed by atoms with van der Waals surface area (Å²) in [6, 6.07) is 10.8. The van der Waals surface area contributed by atoms with Crippen LogP contribution in [0.3, 0.4) is 0 Å². The van der Waals surface area contributed by atoms with E-state index in [1.54, 1.807) is 0 Å². The van der Waals surface area contributed by atoms with Crippen molar-refractivity contribution in [3.05, 3.63) is 35.9 Å². The molecule has 1 saturated carbocycles. The van der Waals surface area contributed by atoms with Crippen molar-refractivity contribution in [1.82, 2.24) is 4.90 Å². The van der Waals surface area contributed by atoms with Gasteiger partial charge in [-0.1, -0.05) is 30.3 Å². The minimum absolute atomic E-state index is 0.0683. The lowest BCUT2D eigenvalue weighted by Crippen LogP contribution is -2.35. The summed E-state index contributed by atoms with van der Waals surface area (Å²) in [4.78, 5) is 2.41. The molecule has 1 aliphatic carbocycles. The summed E-state index contributed by atoms with van der Waals surface area (Å²) in [6.45, 7) is 1.95. The second-order valence-electron chi connectivity index (χ2n) is 5.31. The van der Waals surface area contributed by atoms with Crippen LogP contribution in [-0.2, 0) is 6.54 Å². The molecule has 2 fully saturated rings. The SMILES string of the molecule is OC(O)C1C2CCC1N(Cc1ccccc1)C2. The molecule has 2 bridgehead atoms. The maximum absolute atomic E-state index is 9.45. The third kappa shape index (κ3) is 1.99. The molecule has 3 heteroatoms. The maximum Gasteiger partial charge on any atom is 0.156 e. The van der Waals surface area contributed by atoms with E-state index in [0.29, 0.717) is 12.0 Å². The quantitative estimate of drug-likeness (QED) is 0.771. The van der Waals surface area contributed by atoms with Crippen molar-refractivity contribution >= 4 is 0 Å². The van der Waals surface area contributed by atoms with Gasteiger partial charge in [-0.05, 0) is 24.3 Å². The molecule has 2 aliphatic rings. The molecule has 3 nitrogen and oxygen atoms in total. The highest BCUT2D eigenvalue weighted by molar-refractivity contribution is 5.15. The fourth-order valence-corrected chi connectivity index (χ4v) is 3.60. The number of likely N-dealkylation sites (tertiary alicyclic amines) is 1. The molecule has 1 aromatic rings. The molecule has 92 valence electrons. The molecule has 0 spiro atoms. The van der Waals surface area contributed by atoms with Gasteiger partial charge in [0, 0.05) is 25.0 Å². The van der Waals surface area contributed by atoms with Gasteiger partial charge in [0.2, 0.25) is 0 Å². The van der Waals surface area contributed by atoms with Crippen LogP contribution in [-0.4, -0.2) is 34.0 Å². The lowest BCUT2D eigenvalue weighted by molar-refractivity contribution is -0.0932. The van der Waals surface area contributed by atoms with Gasteiger partial charge < -0.3 is 10.2 Å². The summed E-state index contributed by atoms with van der Waals surface area (Å²) in [7, 11) is 0. The van der Waals surface area contributed by atoms with E-state index in [1.165, 1.54) is 5.56 Å². The molecule has 0 aromatic heterocycles. The number of aliphatic hydroxyl groups excluding tert-OH is 1. The van der Waals surface area contributed by atoms with E-state index in [4.69, 9.17) is 0 Å². The molecule has 3 unspecified atom stereocenters. The van der Waals surface area contributed by atoms with Crippen LogP contribution in [0, 0.1) is 11.8 Å². The Labute approximate surface area is 102 Å². The van der Waals surface area contributed by atoms with Gasteiger partial charge in [0.25, 0.3) is 0 Å². The van der Waals surface area contributed by atoms with Gasteiger partial charge in [0.05, 0.1) is 0 Å². The first-order valence-corrected chi connectivity index (χ1v) is 6.40. The molecule has 3 atom stereocenters. The van der Waals surface area contributed by atoms with Gasteiger partial charge in [-0.3, -0.25) is 4.90 Å². The molecular weight excluding hydrogens is 214 g/mol. The Kier molecular flexibility index (Phi) is 2.90. The third-order valence-electron chi connectivity index (χ3n) is 4.33. The van der Waals surface area contributed by atoms with Crippen molar-refractivity contribution in [2.75, 3.05) is 6.54 Å². The van der Waals surface area contributed by atoms with Crippen LogP contribution in [0.5, 0.6) is 0 Å². The zero-order chi connectivity index (χ0) is 11.8. The highest BCUT2D eigenvalue weighted by Crippen LogP contribution is 2.44. The smallest absolute Gasteiger partial charge is 0.156 e. The second kappa shape index (κ2) is 4.41. The van der Waals surface area contributed by atoms with E-state index in [2.05, 4.69) is 29.2 Å². The van der Waals surface area contributed by atoms with E-state index < -0.39 is 6.29 Å². The molecule has 1 saturated heterocycles. The third-order valence-corrected chi connectivity index (χ3v) is 4.33. The average Bonchev–Trinajstić information content (AvgIpc) is 2.87. The van der Waals surface area contributed by atoms with E-state index >= 15 is 0 Å². The molecule has 1 heterocycles. The van der Waals surface area contributed by atoms with Crippen LogP contribution in [0.25, 0.3) is 0 Å². The first-order valence-electron chi connectivity index (χ1n) is 6.40. The van der Waals surface area contributed by atoms with Crippen LogP contribution in [0.15, 0.2) is 30.3 Å². The van der Waals surface area contributed by atoms with E-state index in [1.807, 2.05) is 6.07 Å². The summed E-state index contributed by atoms with van der Waals surface area (Å²) in [5, 5.41) is 18.9. The summed E-state index contributed by atoms with van der Waals surface area (Å²) in [6.07, 6.45) is 1.12. The summed E-state index contributed by atoms with van der Waals surface area (Å²) < 4.78 is 0. The predicted molar refractivity (Wildman–Crippen MR) is 65.1 cm³/mol. The van der Waals surface area contributed by atoms with Gasteiger partial charge in [-0.25, -0.2) is 0 Å². The van der Waals surface area contributed by atoms with Crippen molar-refractivity contribution in [1.29, 1.82) is 0 Å². The second-order valence-corrected chi connectivity index (χ2v) is 5.31. The Bertz CT molecular complexity index is 379. The first kappa shape index (κ1) is 11.2. The van der Waals surface area contributed by atoms with Crippen LogP contribution in [0.4, 0.5) is 0 Å². The Morgan fingerprint density at radius 3 is 2.59 bits per heavy atom. The minimum Gasteiger partial charge on any atom is -0.368 e. The number of piperidine rings is 1. The van der Waals surface area contributed by atoms with Crippen LogP contribution in [0.2, 0.25) is 0 Å². The fourth-order valence-electron chi connectivity index (χ4n) is 3.60. The van der Waals surface area contributed by atoms with Crippen molar-refractivity contribution in [3.8, 4) is 0 Å². The summed E-state index contributed by atoms with van der Waals surface area (Å²) in [5.41, 5.74) is 1.31. The van der Waals surface area contributed by atoms with Gasteiger partial charge in [-0.15, -0.1) is 0 Å². The zero-order valence-corrected chi connectivity index (χ0v) is 9.87. The Balaban J connectivity index is 1.71. The summed E-state index contributed by atoms with van der Waals surface area (Å²) >= 11 is 0. The number of hydrogen-bond donors (Lipinski definition) is 2. The largest absolute Gasteiger partial charge is 0.368 e. The van der Waals surface area contributed by atoms with Gasteiger partial charge in [0.15, 0.2) is 6.29 Å². The zero-order valence-electron chi connectivity index (χ0n) is 9.87. The normalized spacial score (nSPS) is 32.5. The molecule has 2 N–H and O–H groups in total. The predicted octanol–water partition coefficient (Wildman–Crippen LogP) is 1.21. The highest BCUT2D eigenvalue weighted by Gasteiger charge is 2.49. The highest BCUT2D eigenvalue weighted by atomic mass is 16.5. The van der Waals surface area contributed by atoms with Crippen molar-refractivity contribution in [3.63, 3.8) is 0 Å². The molecule has 1 aromatic carbocycles. The Hall–Kier alpha value is -0.900. The van der Waals surface area contributed by atoms with Gasteiger partial charge in [-0.2, -0.15) is 0 Å². The Morgan fingerprint density at radius 1 is 1.18 bits per heavy atom. The van der Waals surface area contributed by atoms with Crippen LogP contribution < -0.4 is 0 Å². The monoisotopic (exact) mass is 233 g/mol. The van der Waals surface area contributed by atoms with Crippen molar-refractivity contribution in [2.45, 2.75) is 31.7 Å². The molecule has 17 heavy (non-hydrogen) atoms. The standard InChI is InChI=1S/C14H19NO2/c16-14(17)13-11-6-7-12(13)15(9-11)8-10-4-2-1-3-5-10/h1-5,11-14,16-17H,6-9H2. The Morgan fingerprint density at radius 2 is 1.94 bits per heavy atom. The maximum atomic E-state index is 9.45. The van der Waals surface area contributed by atoms with Crippen molar-refractivity contribution < 1.29 is 10.2 Å². The topological polar surface area (TPSA) is 43.7 Å². The fraction of sp³-hybridized carbons (Fsp3) is 0.571. The number of nitrogens with zero attached hydrogens (tertiary/aromatic N) is 1. The summed E-state index contributed by atoms with van der Waals surface area (Å²) in [5.74, 6) is 0.544. The molecular formula is C14H19NO2. The van der Waals surface area contributed by atoms with Gasteiger partial charge in [0.1, 0.15) is 0 Å². The minimum atomic E-state index is -1.15.